The van der Waals surface area contributed by atoms with Crippen LogP contribution in [-0.4, -0.2) is 62.3 Å². The normalized spacial score (nSPS) is 13.2. The second kappa shape index (κ2) is 42.7. The van der Waals surface area contributed by atoms with Gasteiger partial charge in [0.05, 0.1) is 25.7 Å². The number of hydrogen-bond donors (Lipinski definition) is 0. The molecule has 0 aromatic heterocycles. The molecule has 1 heterocycles. The molecule has 7 heteroatoms. The first-order valence-corrected chi connectivity index (χ1v) is 26.6. The van der Waals surface area contributed by atoms with Gasteiger partial charge in [0.1, 0.15) is 0 Å². The summed E-state index contributed by atoms with van der Waals surface area (Å²) in [5.41, 5.74) is 0. The van der Waals surface area contributed by atoms with Crippen molar-refractivity contribution in [3.05, 3.63) is 0 Å². The van der Waals surface area contributed by atoms with Crippen molar-refractivity contribution >= 4 is 17.9 Å². The molecule has 0 aromatic carbocycles. The van der Waals surface area contributed by atoms with Gasteiger partial charge in [-0.25, -0.2) is 0 Å². The van der Waals surface area contributed by atoms with Gasteiger partial charge in [0.15, 0.2) is 0 Å². The van der Waals surface area contributed by atoms with E-state index < -0.39 is 0 Å². The van der Waals surface area contributed by atoms with Crippen molar-refractivity contribution < 1.29 is 28.6 Å². The summed E-state index contributed by atoms with van der Waals surface area (Å²) in [7, 11) is 0. The summed E-state index contributed by atoms with van der Waals surface area (Å²) in [5, 5.41) is 0. The third kappa shape index (κ3) is 34.9. The highest BCUT2D eigenvalue weighted by Gasteiger charge is 2.20. The predicted molar refractivity (Wildman–Crippen MR) is 253 cm³/mol. The van der Waals surface area contributed by atoms with Crippen LogP contribution in [-0.2, 0) is 28.6 Å². The fourth-order valence-corrected chi connectivity index (χ4v) is 9.12. The second-order valence-electron chi connectivity index (χ2n) is 18.8. The Hall–Kier alpha value is -1.63. The molecule has 354 valence electrons. The monoisotopic (exact) mass is 848 g/mol. The highest BCUT2D eigenvalue weighted by molar-refractivity contribution is 5.72. The highest BCUT2D eigenvalue weighted by atomic mass is 16.5. The van der Waals surface area contributed by atoms with Crippen molar-refractivity contribution in [2.45, 2.75) is 265 Å². The van der Waals surface area contributed by atoms with Gasteiger partial charge in [-0.3, -0.25) is 14.4 Å². The first kappa shape index (κ1) is 56.4. The lowest BCUT2D eigenvalue weighted by Gasteiger charge is -2.18. The van der Waals surface area contributed by atoms with Crippen LogP contribution in [0.5, 0.6) is 0 Å². The summed E-state index contributed by atoms with van der Waals surface area (Å²) in [6.45, 7) is 14.1. The standard InChI is InChI=1S/C53H101NO6/c1-5-9-21-32-48(33-22-10-6-2)40-46-58-51(55)38-27-19-15-13-17-25-36-50(53(57)60-45-31-44-54-42-29-30-43-54)37-26-18-14-16-20-28-39-52(56)59-47-41-49(34-23-11-7-3)35-24-12-8-4/h48-50H,5-47H2,1-4H3. The first-order valence-electron chi connectivity index (χ1n) is 26.6. The average Bonchev–Trinajstić information content (AvgIpc) is 3.77. The van der Waals surface area contributed by atoms with E-state index in [9.17, 15) is 14.4 Å². The predicted octanol–water partition coefficient (Wildman–Crippen LogP) is 15.3. The van der Waals surface area contributed by atoms with Crippen LogP contribution in [0.4, 0.5) is 0 Å². The van der Waals surface area contributed by atoms with Crippen LogP contribution in [0, 0.1) is 17.8 Å². The van der Waals surface area contributed by atoms with Gasteiger partial charge in [-0.1, -0.05) is 195 Å². The summed E-state index contributed by atoms with van der Waals surface area (Å²) in [4.78, 5) is 40.5. The van der Waals surface area contributed by atoms with Crippen molar-refractivity contribution in [3.8, 4) is 0 Å². The van der Waals surface area contributed by atoms with Crippen LogP contribution >= 0.6 is 0 Å². The molecule has 1 fully saturated rings. The molecule has 0 radical (unpaired) electrons. The molecule has 0 N–H and O–H groups in total. The second-order valence-corrected chi connectivity index (χ2v) is 18.8. The summed E-state index contributed by atoms with van der Waals surface area (Å²) < 4.78 is 17.1. The molecular weight excluding hydrogens is 747 g/mol. The van der Waals surface area contributed by atoms with Crippen LogP contribution in [0.25, 0.3) is 0 Å². The molecule has 0 saturated carbocycles. The van der Waals surface area contributed by atoms with Gasteiger partial charge in [0.25, 0.3) is 0 Å². The topological polar surface area (TPSA) is 82.1 Å². The van der Waals surface area contributed by atoms with E-state index in [-0.39, 0.29) is 23.8 Å². The number of carbonyl (C=O) groups is 3. The number of hydrogen-bond acceptors (Lipinski definition) is 7. The molecule has 0 bridgehead atoms. The maximum absolute atomic E-state index is 13.2. The average molecular weight is 848 g/mol. The molecule has 0 unspecified atom stereocenters. The van der Waals surface area contributed by atoms with Crippen LogP contribution in [0.15, 0.2) is 0 Å². The maximum atomic E-state index is 13.2. The number of unbranched alkanes of at least 4 members (excludes halogenated alkanes) is 18. The van der Waals surface area contributed by atoms with E-state index in [4.69, 9.17) is 14.2 Å². The SMILES string of the molecule is CCCCCC(CCCCC)CCOC(=O)CCCCCCCCC(CCCCCCCCC(=O)OCCC(CCCCC)CCCCC)C(=O)OCCCN1CCCC1. The number of likely N-dealkylation sites (tertiary alicyclic amines) is 1. The minimum absolute atomic E-state index is 0.00268. The molecule has 0 amide bonds. The molecule has 1 rings (SSSR count). The molecule has 7 nitrogen and oxygen atoms in total. The summed E-state index contributed by atoms with van der Waals surface area (Å²) in [5.74, 6) is 1.35. The fraction of sp³-hybridized carbons (Fsp3) is 0.943. The number of carbonyl (C=O) groups excluding carboxylic acids is 3. The molecule has 0 aliphatic carbocycles. The molecule has 1 aliphatic heterocycles. The van der Waals surface area contributed by atoms with E-state index in [0.717, 1.165) is 116 Å². The molecular formula is C53H101NO6. The smallest absolute Gasteiger partial charge is 0.308 e. The third-order valence-corrected chi connectivity index (χ3v) is 13.2. The third-order valence-electron chi connectivity index (χ3n) is 13.2. The zero-order valence-electron chi connectivity index (χ0n) is 40.5. The van der Waals surface area contributed by atoms with Crippen molar-refractivity contribution in [1.29, 1.82) is 0 Å². The Kier molecular flexibility index (Phi) is 40.1. The molecule has 0 aromatic rings. The molecule has 60 heavy (non-hydrogen) atoms. The van der Waals surface area contributed by atoms with Gasteiger partial charge >= 0.3 is 17.9 Å². The summed E-state index contributed by atoms with van der Waals surface area (Å²) in [6, 6.07) is 0. The first-order chi connectivity index (χ1) is 29.4. The van der Waals surface area contributed by atoms with Gasteiger partial charge in [-0.15, -0.1) is 0 Å². The zero-order valence-corrected chi connectivity index (χ0v) is 40.5. The Morgan fingerprint density at radius 3 is 1.17 bits per heavy atom. The van der Waals surface area contributed by atoms with Gasteiger partial charge in [-0.2, -0.15) is 0 Å². The lowest BCUT2D eigenvalue weighted by molar-refractivity contribution is -0.149. The Bertz CT molecular complexity index is 889. The Balaban J connectivity index is 2.27. The Morgan fingerprint density at radius 2 is 0.767 bits per heavy atom. The highest BCUT2D eigenvalue weighted by Crippen LogP contribution is 2.24. The van der Waals surface area contributed by atoms with E-state index in [2.05, 4.69) is 32.6 Å². The molecule has 0 spiro atoms. The number of rotatable bonds is 45. The lowest BCUT2D eigenvalue weighted by atomic mass is 9.92. The quantitative estimate of drug-likeness (QED) is 0.0343. The largest absolute Gasteiger partial charge is 0.466 e. The number of esters is 3. The van der Waals surface area contributed by atoms with Gasteiger partial charge < -0.3 is 19.1 Å². The van der Waals surface area contributed by atoms with Crippen molar-refractivity contribution in [2.24, 2.45) is 17.8 Å². The lowest BCUT2D eigenvalue weighted by Crippen LogP contribution is -2.23. The van der Waals surface area contributed by atoms with E-state index in [1.165, 1.54) is 129 Å². The van der Waals surface area contributed by atoms with E-state index in [0.29, 0.717) is 44.5 Å². The number of ether oxygens (including phenoxy) is 3. The van der Waals surface area contributed by atoms with Crippen LogP contribution < -0.4 is 0 Å². The van der Waals surface area contributed by atoms with Crippen molar-refractivity contribution in [3.63, 3.8) is 0 Å². The van der Waals surface area contributed by atoms with Gasteiger partial charge in [-0.05, 0) is 82.7 Å². The van der Waals surface area contributed by atoms with Gasteiger partial charge in [0.2, 0.25) is 0 Å². The molecule has 0 atom stereocenters. The molecule has 1 aliphatic rings. The Morgan fingerprint density at radius 1 is 0.400 bits per heavy atom. The molecule has 1 saturated heterocycles. The fourth-order valence-electron chi connectivity index (χ4n) is 9.12. The maximum Gasteiger partial charge on any atom is 0.308 e. The van der Waals surface area contributed by atoms with Gasteiger partial charge in [0, 0.05) is 19.4 Å². The van der Waals surface area contributed by atoms with Crippen LogP contribution in [0.1, 0.15) is 265 Å². The van der Waals surface area contributed by atoms with Crippen LogP contribution in [0.2, 0.25) is 0 Å². The van der Waals surface area contributed by atoms with E-state index >= 15 is 0 Å². The van der Waals surface area contributed by atoms with E-state index in [1.54, 1.807) is 0 Å². The van der Waals surface area contributed by atoms with E-state index in [1.807, 2.05) is 0 Å². The summed E-state index contributed by atoms with van der Waals surface area (Å²) >= 11 is 0. The Labute approximate surface area is 372 Å². The number of nitrogens with zero attached hydrogens (tertiary/aromatic N) is 1. The summed E-state index contributed by atoms with van der Waals surface area (Å²) in [6.07, 6.45) is 41.9. The van der Waals surface area contributed by atoms with Crippen LogP contribution in [0.3, 0.4) is 0 Å². The zero-order chi connectivity index (χ0) is 43.6. The minimum atomic E-state index is -0.0255. The van der Waals surface area contributed by atoms with Crippen molar-refractivity contribution in [1.82, 2.24) is 4.90 Å². The minimum Gasteiger partial charge on any atom is -0.466 e. The van der Waals surface area contributed by atoms with Crippen molar-refractivity contribution in [2.75, 3.05) is 39.5 Å².